The number of aliphatic hydroxyl groups excluding tert-OH is 1. The van der Waals surface area contributed by atoms with Gasteiger partial charge in [0, 0.05) is 31.1 Å². The molecule has 1 aromatic rings. The van der Waals surface area contributed by atoms with E-state index in [1.165, 1.54) is 0 Å². The summed E-state index contributed by atoms with van der Waals surface area (Å²) >= 11 is 0. The molecule has 1 aliphatic heterocycles. The third kappa shape index (κ3) is 2.83. The van der Waals surface area contributed by atoms with Gasteiger partial charge in [-0.05, 0) is 37.0 Å². The van der Waals surface area contributed by atoms with Gasteiger partial charge in [-0.15, -0.1) is 0 Å². The van der Waals surface area contributed by atoms with Crippen LogP contribution in [0.1, 0.15) is 28.8 Å². The van der Waals surface area contributed by atoms with Crippen molar-refractivity contribution in [2.75, 3.05) is 33.9 Å². The number of ether oxygens (including phenoxy) is 2. The number of hydrogen-bond acceptors (Lipinski definition) is 5. The van der Waals surface area contributed by atoms with Crippen LogP contribution in [0.2, 0.25) is 0 Å². The van der Waals surface area contributed by atoms with Crippen LogP contribution in [0.5, 0.6) is 11.5 Å². The molecule has 120 valence electrons. The molecule has 1 heterocycles. The second-order valence-corrected chi connectivity index (χ2v) is 6.16. The number of likely N-dealkylation sites (tertiary alicyclic amines) is 1. The van der Waals surface area contributed by atoms with Crippen LogP contribution >= 0.6 is 0 Å². The molecule has 1 atom stereocenters. The lowest BCUT2D eigenvalue weighted by Gasteiger charge is -2.30. The normalized spacial score (nSPS) is 22.7. The van der Waals surface area contributed by atoms with E-state index in [1.807, 2.05) is 6.07 Å². The number of methoxy groups -OCH3 is 2. The molecule has 2 aliphatic rings. The quantitative estimate of drug-likeness (QED) is 0.914. The van der Waals surface area contributed by atoms with Gasteiger partial charge in [0.2, 0.25) is 0 Å². The summed E-state index contributed by atoms with van der Waals surface area (Å²) in [5.41, 5.74) is 1.81. The minimum absolute atomic E-state index is 0.00190. The molecule has 1 aliphatic carbocycles. The average Bonchev–Trinajstić information content (AvgIpc) is 2.83. The molecule has 1 N–H and O–H groups in total. The molecule has 0 radical (unpaired) electrons. The zero-order valence-electron chi connectivity index (χ0n) is 13.2. The molecule has 0 amide bonds. The molecule has 3 rings (SSSR count). The number of Topliss-reactive ketones (excluding diaryl/α,β-unsaturated/α-hetero) is 1. The fourth-order valence-corrected chi connectivity index (χ4v) is 3.46. The first-order chi connectivity index (χ1) is 10.6. The lowest BCUT2D eigenvalue weighted by atomic mass is 10.0. The summed E-state index contributed by atoms with van der Waals surface area (Å²) in [7, 11) is 3.19. The predicted octanol–water partition coefficient (Wildman–Crippen LogP) is 1.52. The van der Waals surface area contributed by atoms with E-state index in [4.69, 9.17) is 9.47 Å². The van der Waals surface area contributed by atoms with Crippen molar-refractivity contribution in [1.82, 2.24) is 4.90 Å². The van der Waals surface area contributed by atoms with Crippen molar-refractivity contribution in [3.05, 3.63) is 23.3 Å². The first kappa shape index (κ1) is 15.3. The van der Waals surface area contributed by atoms with Crippen LogP contribution in [0.4, 0.5) is 0 Å². The van der Waals surface area contributed by atoms with Crippen LogP contribution in [0.15, 0.2) is 12.1 Å². The Morgan fingerprint density at radius 3 is 2.45 bits per heavy atom. The molecule has 1 unspecified atom stereocenters. The molecule has 1 fully saturated rings. The summed E-state index contributed by atoms with van der Waals surface area (Å²) in [5, 5.41) is 9.58. The average molecular weight is 305 g/mol. The van der Waals surface area contributed by atoms with E-state index in [2.05, 4.69) is 4.90 Å². The van der Waals surface area contributed by atoms with Gasteiger partial charge in [0.15, 0.2) is 17.3 Å². The molecule has 0 saturated carbocycles. The largest absolute Gasteiger partial charge is 0.493 e. The summed E-state index contributed by atoms with van der Waals surface area (Å²) in [6.07, 6.45) is 2.18. The molecule has 0 bridgehead atoms. The lowest BCUT2D eigenvalue weighted by molar-refractivity contribution is 0.0692. The van der Waals surface area contributed by atoms with Crippen molar-refractivity contribution in [3.63, 3.8) is 0 Å². The van der Waals surface area contributed by atoms with Gasteiger partial charge in [0.05, 0.1) is 20.3 Å². The van der Waals surface area contributed by atoms with Crippen LogP contribution in [0.25, 0.3) is 0 Å². The van der Waals surface area contributed by atoms with Crippen LogP contribution in [0.3, 0.4) is 0 Å². The van der Waals surface area contributed by atoms with Crippen LogP contribution in [-0.2, 0) is 6.42 Å². The first-order valence-electron chi connectivity index (χ1n) is 7.82. The SMILES string of the molecule is COc1cc2c(cc1OC)C(=O)C(CN1CCC(O)CC1)C2. The Morgan fingerprint density at radius 1 is 1.18 bits per heavy atom. The van der Waals surface area contributed by atoms with E-state index in [1.54, 1.807) is 20.3 Å². The Balaban J connectivity index is 1.73. The molecule has 5 nitrogen and oxygen atoms in total. The highest BCUT2D eigenvalue weighted by molar-refractivity contribution is 6.03. The molecule has 5 heteroatoms. The Bertz CT molecular complexity index is 564. The summed E-state index contributed by atoms with van der Waals surface area (Å²) in [6.45, 7) is 2.51. The van der Waals surface area contributed by atoms with Crippen molar-refractivity contribution < 1.29 is 19.4 Å². The number of aliphatic hydroxyl groups is 1. The van der Waals surface area contributed by atoms with Crippen LogP contribution in [0, 0.1) is 5.92 Å². The van der Waals surface area contributed by atoms with Crippen LogP contribution < -0.4 is 9.47 Å². The molecule has 22 heavy (non-hydrogen) atoms. The van der Waals surface area contributed by atoms with Gasteiger partial charge in [-0.3, -0.25) is 4.79 Å². The van der Waals surface area contributed by atoms with Gasteiger partial charge < -0.3 is 19.5 Å². The van der Waals surface area contributed by atoms with Gasteiger partial charge in [-0.25, -0.2) is 0 Å². The molecular formula is C17H23NO4. The second-order valence-electron chi connectivity index (χ2n) is 6.16. The van der Waals surface area contributed by atoms with Crippen molar-refractivity contribution in [2.45, 2.75) is 25.4 Å². The Labute approximate surface area is 130 Å². The number of carbonyl (C=O) groups excluding carboxylic acids is 1. The number of hydrogen-bond donors (Lipinski definition) is 1. The van der Waals surface area contributed by atoms with Gasteiger partial charge in [-0.2, -0.15) is 0 Å². The van der Waals surface area contributed by atoms with Crippen molar-refractivity contribution in [2.24, 2.45) is 5.92 Å². The third-order valence-electron chi connectivity index (χ3n) is 4.75. The Hall–Kier alpha value is -1.59. The highest BCUT2D eigenvalue weighted by Crippen LogP contribution is 2.37. The number of ketones is 1. The maximum atomic E-state index is 12.6. The van der Waals surface area contributed by atoms with Gasteiger partial charge in [-0.1, -0.05) is 0 Å². The van der Waals surface area contributed by atoms with E-state index >= 15 is 0 Å². The second kappa shape index (κ2) is 6.26. The number of fused-ring (bicyclic) bond motifs is 1. The Morgan fingerprint density at radius 2 is 1.82 bits per heavy atom. The number of piperidine rings is 1. The molecule has 1 aromatic carbocycles. The van der Waals surface area contributed by atoms with E-state index in [0.29, 0.717) is 11.5 Å². The molecule has 1 saturated heterocycles. The van der Waals surface area contributed by atoms with Crippen molar-refractivity contribution in [1.29, 1.82) is 0 Å². The van der Waals surface area contributed by atoms with Gasteiger partial charge >= 0.3 is 0 Å². The van der Waals surface area contributed by atoms with E-state index < -0.39 is 0 Å². The van der Waals surface area contributed by atoms with Crippen molar-refractivity contribution >= 4 is 5.78 Å². The highest BCUT2D eigenvalue weighted by atomic mass is 16.5. The van der Waals surface area contributed by atoms with Crippen molar-refractivity contribution in [3.8, 4) is 11.5 Å². The summed E-state index contributed by atoms with van der Waals surface area (Å²) < 4.78 is 10.6. The van der Waals surface area contributed by atoms with E-state index in [0.717, 1.165) is 50.0 Å². The maximum Gasteiger partial charge on any atom is 0.167 e. The minimum atomic E-state index is -0.179. The zero-order chi connectivity index (χ0) is 15.7. The fraction of sp³-hybridized carbons (Fsp3) is 0.588. The Kier molecular flexibility index (Phi) is 4.36. The van der Waals surface area contributed by atoms with E-state index in [9.17, 15) is 9.90 Å². The lowest BCUT2D eigenvalue weighted by Crippen LogP contribution is -2.39. The summed E-state index contributed by atoms with van der Waals surface area (Å²) in [6, 6.07) is 3.72. The topological polar surface area (TPSA) is 59.0 Å². The molecular weight excluding hydrogens is 282 g/mol. The fourth-order valence-electron chi connectivity index (χ4n) is 3.46. The monoisotopic (exact) mass is 305 g/mol. The first-order valence-corrected chi connectivity index (χ1v) is 7.82. The smallest absolute Gasteiger partial charge is 0.167 e. The summed E-state index contributed by atoms with van der Waals surface area (Å²) in [4.78, 5) is 14.9. The zero-order valence-corrected chi connectivity index (χ0v) is 13.2. The number of nitrogens with zero attached hydrogens (tertiary/aromatic N) is 1. The van der Waals surface area contributed by atoms with E-state index in [-0.39, 0.29) is 17.8 Å². The summed E-state index contributed by atoms with van der Waals surface area (Å²) in [5.74, 6) is 1.48. The third-order valence-corrected chi connectivity index (χ3v) is 4.75. The number of carbonyl (C=O) groups is 1. The van der Waals surface area contributed by atoms with Gasteiger partial charge in [0.25, 0.3) is 0 Å². The number of rotatable bonds is 4. The highest BCUT2D eigenvalue weighted by Gasteiger charge is 2.33. The number of benzene rings is 1. The standard InChI is InChI=1S/C17H23NO4/c1-21-15-8-11-7-12(10-18-5-3-13(19)4-6-18)17(20)14(11)9-16(15)22-2/h8-9,12-13,19H,3-7,10H2,1-2H3. The molecule has 0 spiro atoms. The maximum absolute atomic E-state index is 12.6. The predicted molar refractivity (Wildman–Crippen MR) is 82.8 cm³/mol. The minimum Gasteiger partial charge on any atom is -0.493 e. The van der Waals surface area contributed by atoms with Gasteiger partial charge in [0.1, 0.15) is 0 Å². The van der Waals surface area contributed by atoms with Crippen LogP contribution in [-0.4, -0.2) is 55.7 Å². The molecule has 0 aromatic heterocycles.